The third-order valence-corrected chi connectivity index (χ3v) is 6.27. The van der Waals surface area contributed by atoms with Gasteiger partial charge >= 0.3 is 0 Å². The van der Waals surface area contributed by atoms with Gasteiger partial charge in [-0.3, -0.25) is 9.69 Å². The number of hydrogen-bond donors (Lipinski definition) is 1. The highest BCUT2D eigenvalue weighted by atomic mass is 32.2. The van der Waals surface area contributed by atoms with Gasteiger partial charge in [0.05, 0.1) is 6.42 Å². The minimum atomic E-state index is -0.0106. The molecule has 1 saturated heterocycles. The van der Waals surface area contributed by atoms with Gasteiger partial charge in [0, 0.05) is 30.0 Å². The number of carbonyl (C=O) groups is 1. The minimum absolute atomic E-state index is 0.0106. The fourth-order valence-electron chi connectivity index (χ4n) is 4.02. The van der Waals surface area contributed by atoms with Crippen LogP contribution in [-0.4, -0.2) is 49.7 Å². The van der Waals surface area contributed by atoms with Crippen LogP contribution in [-0.2, 0) is 24.3 Å². The SMILES string of the molecule is CSc1nc2nc(C)c(CC(=O)NCc3ccccc3CN3CCCC3)c(C)n2n1. The van der Waals surface area contributed by atoms with Crippen molar-refractivity contribution in [3.8, 4) is 0 Å². The summed E-state index contributed by atoms with van der Waals surface area (Å²) >= 11 is 1.48. The van der Waals surface area contributed by atoms with Crippen molar-refractivity contribution < 1.29 is 4.79 Å². The van der Waals surface area contributed by atoms with Gasteiger partial charge < -0.3 is 5.32 Å². The molecule has 7 nitrogen and oxygen atoms in total. The van der Waals surface area contributed by atoms with Crippen molar-refractivity contribution in [3.05, 3.63) is 52.3 Å². The fourth-order valence-corrected chi connectivity index (χ4v) is 4.35. The van der Waals surface area contributed by atoms with Gasteiger partial charge in [0.1, 0.15) is 0 Å². The van der Waals surface area contributed by atoms with Crippen molar-refractivity contribution in [1.82, 2.24) is 29.8 Å². The minimum Gasteiger partial charge on any atom is -0.352 e. The molecular weight excluding hydrogens is 396 g/mol. The third-order valence-electron chi connectivity index (χ3n) is 5.74. The molecule has 158 valence electrons. The van der Waals surface area contributed by atoms with Crippen LogP contribution in [0.5, 0.6) is 0 Å². The van der Waals surface area contributed by atoms with Gasteiger partial charge in [0.15, 0.2) is 0 Å². The van der Waals surface area contributed by atoms with Gasteiger partial charge in [-0.2, -0.15) is 4.98 Å². The van der Waals surface area contributed by atoms with Crippen molar-refractivity contribution in [2.45, 2.75) is 51.4 Å². The molecule has 3 aromatic rings. The summed E-state index contributed by atoms with van der Waals surface area (Å²) in [6.07, 6.45) is 4.77. The van der Waals surface area contributed by atoms with E-state index in [4.69, 9.17) is 0 Å². The Morgan fingerprint density at radius 3 is 2.60 bits per heavy atom. The Labute approximate surface area is 181 Å². The second-order valence-corrected chi connectivity index (χ2v) is 8.55. The maximum absolute atomic E-state index is 12.7. The molecule has 1 fully saturated rings. The van der Waals surface area contributed by atoms with Crippen LogP contribution in [0.25, 0.3) is 5.78 Å². The number of nitrogens with zero attached hydrogens (tertiary/aromatic N) is 5. The van der Waals surface area contributed by atoms with Gasteiger partial charge in [0.25, 0.3) is 5.78 Å². The van der Waals surface area contributed by atoms with E-state index in [1.807, 2.05) is 26.2 Å². The first-order valence-electron chi connectivity index (χ1n) is 10.4. The standard InChI is InChI=1S/C22H28N6OS/c1-15-19(16(2)28-21(24-15)25-22(26-28)30-3)12-20(29)23-13-17-8-4-5-9-18(17)14-27-10-6-7-11-27/h4-5,8-9H,6-7,10-14H2,1-3H3,(H,23,29). The quantitative estimate of drug-likeness (QED) is 0.588. The number of likely N-dealkylation sites (tertiary alicyclic amines) is 1. The molecule has 1 amide bonds. The van der Waals surface area contributed by atoms with E-state index in [2.05, 4.69) is 43.5 Å². The van der Waals surface area contributed by atoms with Crippen LogP contribution in [0, 0.1) is 13.8 Å². The Kier molecular flexibility index (Phi) is 6.34. The molecule has 0 aliphatic carbocycles. The molecule has 1 aliphatic rings. The van der Waals surface area contributed by atoms with E-state index in [0.29, 0.717) is 17.5 Å². The molecule has 4 rings (SSSR count). The van der Waals surface area contributed by atoms with Crippen LogP contribution in [0.15, 0.2) is 29.4 Å². The molecule has 0 saturated carbocycles. The lowest BCUT2D eigenvalue weighted by Gasteiger charge is -2.18. The molecule has 3 heterocycles. The zero-order valence-electron chi connectivity index (χ0n) is 17.8. The highest BCUT2D eigenvalue weighted by Crippen LogP contribution is 2.18. The number of amides is 1. The molecule has 1 N–H and O–H groups in total. The number of benzene rings is 1. The number of nitrogens with one attached hydrogen (secondary N) is 1. The van der Waals surface area contributed by atoms with E-state index in [-0.39, 0.29) is 12.3 Å². The van der Waals surface area contributed by atoms with Crippen molar-refractivity contribution >= 4 is 23.4 Å². The van der Waals surface area contributed by atoms with Crippen molar-refractivity contribution in [2.24, 2.45) is 0 Å². The molecule has 0 unspecified atom stereocenters. The van der Waals surface area contributed by atoms with Crippen molar-refractivity contribution in [3.63, 3.8) is 0 Å². The molecule has 8 heteroatoms. The number of hydrogen-bond acceptors (Lipinski definition) is 6. The monoisotopic (exact) mass is 424 g/mol. The van der Waals surface area contributed by atoms with E-state index < -0.39 is 0 Å². The second kappa shape index (κ2) is 9.14. The normalized spacial score (nSPS) is 14.5. The second-order valence-electron chi connectivity index (χ2n) is 7.78. The Hall–Kier alpha value is -2.45. The molecule has 0 spiro atoms. The van der Waals surface area contributed by atoms with Gasteiger partial charge in [-0.15, -0.1) is 5.10 Å². The van der Waals surface area contributed by atoms with Crippen molar-refractivity contribution in [1.29, 1.82) is 0 Å². The van der Waals surface area contributed by atoms with Crippen LogP contribution >= 0.6 is 11.8 Å². The lowest BCUT2D eigenvalue weighted by Crippen LogP contribution is -2.27. The number of carbonyl (C=O) groups excluding carboxylic acids is 1. The predicted octanol–water partition coefficient (Wildman–Crippen LogP) is 2.92. The van der Waals surface area contributed by atoms with Crippen molar-refractivity contribution in [2.75, 3.05) is 19.3 Å². The lowest BCUT2D eigenvalue weighted by molar-refractivity contribution is -0.120. The van der Waals surface area contributed by atoms with Crippen LogP contribution in [0.4, 0.5) is 0 Å². The first-order chi connectivity index (χ1) is 14.5. The van der Waals surface area contributed by atoms with E-state index in [1.165, 1.54) is 35.7 Å². The number of rotatable bonds is 7. The molecule has 0 bridgehead atoms. The molecule has 1 aliphatic heterocycles. The average Bonchev–Trinajstić information content (AvgIpc) is 3.40. The summed E-state index contributed by atoms with van der Waals surface area (Å²) in [4.78, 5) is 24.2. The van der Waals surface area contributed by atoms with Crippen LogP contribution in [0.1, 0.15) is 40.9 Å². The van der Waals surface area contributed by atoms with Crippen LogP contribution in [0.3, 0.4) is 0 Å². The van der Waals surface area contributed by atoms with Crippen LogP contribution in [0.2, 0.25) is 0 Å². The molecule has 1 aromatic carbocycles. The molecule has 0 atom stereocenters. The zero-order valence-corrected chi connectivity index (χ0v) is 18.6. The third kappa shape index (κ3) is 4.49. The summed E-state index contributed by atoms with van der Waals surface area (Å²) in [5.74, 6) is 0.567. The maximum Gasteiger partial charge on any atom is 0.253 e. The Morgan fingerprint density at radius 2 is 1.87 bits per heavy atom. The maximum atomic E-state index is 12.7. The fraction of sp³-hybridized carbons (Fsp3) is 0.455. The Morgan fingerprint density at radius 1 is 1.13 bits per heavy atom. The van der Waals surface area contributed by atoms with E-state index in [1.54, 1.807) is 4.52 Å². The largest absolute Gasteiger partial charge is 0.352 e. The number of thioether (sulfide) groups is 1. The van der Waals surface area contributed by atoms with E-state index in [9.17, 15) is 4.79 Å². The summed E-state index contributed by atoms with van der Waals surface area (Å²) in [6.45, 7) is 7.71. The number of aromatic nitrogens is 4. The van der Waals surface area contributed by atoms with Gasteiger partial charge in [0.2, 0.25) is 11.1 Å². The smallest absolute Gasteiger partial charge is 0.253 e. The average molecular weight is 425 g/mol. The summed E-state index contributed by atoms with van der Waals surface area (Å²) in [7, 11) is 0. The molecule has 30 heavy (non-hydrogen) atoms. The van der Waals surface area contributed by atoms with Gasteiger partial charge in [-0.25, -0.2) is 9.50 Å². The molecule has 2 aromatic heterocycles. The highest BCUT2D eigenvalue weighted by molar-refractivity contribution is 7.98. The summed E-state index contributed by atoms with van der Waals surface area (Å²) in [5, 5.41) is 8.24. The first-order valence-corrected chi connectivity index (χ1v) is 11.6. The van der Waals surface area contributed by atoms with Gasteiger partial charge in [-0.1, -0.05) is 36.0 Å². The Balaban J connectivity index is 1.44. The number of aryl methyl sites for hydroxylation is 2. The topological polar surface area (TPSA) is 75.4 Å². The Bertz CT molecular complexity index is 1060. The number of fused-ring (bicyclic) bond motifs is 1. The highest BCUT2D eigenvalue weighted by Gasteiger charge is 2.17. The summed E-state index contributed by atoms with van der Waals surface area (Å²) in [5.41, 5.74) is 5.12. The predicted molar refractivity (Wildman–Crippen MR) is 119 cm³/mol. The zero-order chi connectivity index (χ0) is 21.1. The van der Waals surface area contributed by atoms with E-state index >= 15 is 0 Å². The van der Waals surface area contributed by atoms with Gasteiger partial charge in [-0.05, 0) is 57.2 Å². The van der Waals surface area contributed by atoms with E-state index in [0.717, 1.165) is 36.6 Å². The lowest BCUT2D eigenvalue weighted by atomic mass is 10.1. The first kappa shape index (κ1) is 20.8. The molecule has 0 radical (unpaired) electrons. The summed E-state index contributed by atoms with van der Waals surface area (Å²) < 4.78 is 1.73. The summed E-state index contributed by atoms with van der Waals surface area (Å²) in [6, 6.07) is 8.38. The van der Waals surface area contributed by atoms with Crippen LogP contribution < -0.4 is 5.32 Å². The molecular formula is C22H28N6OS.